The van der Waals surface area contributed by atoms with Gasteiger partial charge in [-0.05, 0) is 15.9 Å². The summed E-state index contributed by atoms with van der Waals surface area (Å²) in [4.78, 5) is 0. The Morgan fingerprint density at radius 3 is 1.55 bits per heavy atom. The van der Waals surface area contributed by atoms with Crippen LogP contribution in [0.25, 0.3) is 11.1 Å². The van der Waals surface area contributed by atoms with Gasteiger partial charge in [-0.1, -0.05) is 108 Å². The minimum Gasteiger partial charge on any atom is -0.212 e. The average molecular weight is 311 g/mol. The van der Waals surface area contributed by atoms with Crippen LogP contribution in [0.15, 0.2) is 60.7 Å². The average Bonchev–Trinajstić information content (AvgIpc) is 2.48. The van der Waals surface area contributed by atoms with E-state index in [0.717, 1.165) is 5.92 Å². The van der Waals surface area contributed by atoms with Gasteiger partial charge in [-0.3, -0.25) is 0 Å². The molecule has 0 aliphatic carbocycles. The van der Waals surface area contributed by atoms with Crippen molar-refractivity contribution in [2.24, 2.45) is 5.92 Å². The highest BCUT2D eigenvalue weighted by molar-refractivity contribution is 8.23. The Labute approximate surface area is 141 Å². The lowest BCUT2D eigenvalue weighted by Gasteiger charge is -2.17. The molecule has 2 rings (SSSR count). The lowest BCUT2D eigenvalue weighted by Crippen LogP contribution is -2.10. The van der Waals surface area contributed by atoms with Crippen molar-refractivity contribution in [1.82, 2.24) is 0 Å². The second kappa shape index (κ2) is 9.79. The quantitative estimate of drug-likeness (QED) is 0.576. The molecule has 2 aromatic carbocycles. The highest BCUT2D eigenvalue weighted by Crippen LogP contribution is 2.23. The maximum Gasteiger partial charge on any atom is 0.192 e. The number of rotatable bonds is 4. The van der Waals surface area contributed by atoms with E-state index in [0.29, 0.717) is 4.75 Å². The van der Waals surface area contributed by atoms with Gasteiger partial charge >= 0.3 is 0 Å². The molecule has 0 amide bonds. The van der Waals surface area contributed by atoms with E-state index in [1.54, 1.807) is 0 Å². The molecule has 117 valence electrons. The largest absolute Gasteiger partial charge is 0.212 e. The fourth-order valence-corrected chi connectivity index (χ4v) is 2.73. The first-order chi connectivity index (χ1) is 10.4. The summed E-state index contributed by atoms with van der Waals surface area (Å²) in [6.45, 7) is 13.6. The van der Waals surface area contributed by atoms with Crippen molar-refractivity contribution in [1.29, 1.82) is 0 Å². The molecule has 0 unspecified atom stereocenters. The van der Waals surface area contributed by atoms with Gasteiger partial charge in [0.15, 0.2) is 6.56 Å². The van der Waals surface area contributed by atoms with Crippen LogP contribution >= 0.6 is 11.6 Å². The van der Waals surface area contributed by atoms with Gasteiger partial charge in [-0.15, -0.1) is 0 Å². The first-order valence-electron chi connectivity index (χ1n) is 7.98. The molecule has 0 spiro atoms. The molecule has 0 saturated heterocycles. The zero-order chi connectivity index (χ0) is 16.4. The van der Waals surface area contributed by atoms with Gasteiger partial charge in [-0.25, -0.2) is 11.6 Å². The lowest BCUT2D eigenvalue weighted by atomic mass is 9.93. The topological polar surface area (TPSA) is 0 Å². The fraction of sp³-hybridized carbons (Fsp3) is 0.400. The van der Waals surface area contributed by atoms with E-state index in [9.17, 15) is 0 Å². The van der Waals surface area contributed by atoms with Crippen LogP contribution in [0.2, 0.25) is 6.32 Å². The van der Waals surface area contributed by atoms with E-state index in [1.807, 2.05) is 23.7 Å². The summed E-state index contributed by atoms with van der Waals surface area (Å²) in [5.41, 5.74) is 2.55. The Morgan fingerprint density at radius 2 is 1.23 bits per heavy atom. The minimum atomic E-state index is 0.398. The first kappa shape index (κ1) is 18.9. The fourth-order valence-electron chi connectivity index (χ4n) is 1.75. The molecule has 0 aliphatic rings. The Bertz CT molecular complexity index is 463. The molecule has 22 heavy (non-hydrogen) atoms. The molecule has 1 radical (unpaired) electrons. The molecule has 0 nitrogen and oxygen atoms in total. The first-order valence-corrected chi connectivity index (χ1v) is 8.86. The third-order valence-electron chi connectivity index (χ3n) is 2.89. The Hall–Kier alpha value is -1.15. The second-order valence-corrected chi connectivity index (χ2v) is 8.55. The summed E-state index contributed by atoms with van der Waals surface area (Å²) in [7, 11) is 0. The molecule has 0 fully saturated rings. The molecule has 0 bridgehead atoms. The smallest absolute Gasteiger partial charge is 0.192 e. The zero-order valence-electron chi connectivity index (χ0n) is 14.5. The second-order valence-electron chi connectivity index (χ2n) is 6.76. The summed E-state index contributed by atoms with van der Waals surface area (Å²) in [6, 6.07) is 20.8. The standard InChI is InChI=1S/C12H10.C8H18BS/c1-3-7-11(8-4-1)12-9-5-2-6-10-12;1-7(2)6-9-10-8(3,4)5/h1-10H;7H,6H2,1-5H3. The van der Waals surface area contributed by atoms with Crippen LogP contribution in [0.5, 0.6) is 0 Å². The van der Waals surface area contributed by atoms with E-state index in [-0.39, 0.29) is 0 Å². The van der Waals surface area contributed by atoms with Crippen LogP contribution < -0.4 is 0 Å². The molecule has 0 heterocycles. The summed E-state index contributed by atoms with van der Waals surface area (Å²) in [6.07, 6.45) is 1.22. The minimum absolute atomic E-state index is 0.398. The normalized spacial score (nSPS) is 10.8. The highest BCUT2D eigenvalue weighted by Gasteiger charge is 2.10. The van der Waals surface area contributed by atoms with Crippen LogP contribution in [0.3, 0.4) is 0 Å². The van der Waals surface area contributed by atoms with Crippen molar-refractivity contribution < 1.29 is 0 Å². The molecule has 2 aromatic rings. The van der Waals surface area contributed by atoms with Crippen molar-refractivity contribution in [2.45, 2.75) is 45.7 Å². The molecule has 0 aromatic heterocycles. The van der Waals surface area contributed by atoms with Crippen LogP contribution in [0, 0.1) is 5.92 Å². The van der Waals surface area contributed by atoms with Crippen molar-refractivity contribution in [3.63, 3.8) is 0 Å². The monoisotopic (exact) mass is 311 g/mol. The van der Waals surface area contributed by atoms with E-state index in [2.05, 4.69) is 89.7 Å². The van der Waals surface area contributed by atoms with Gasteiger partial charge in [0.1, 0.15) is 0 Å². The summed E-state index contributed by atoms with van der Waals surface area (Å²) >= 11 is 1.94. The molecular formula is C20H28BS. The van der Waals surface area contributed by atoms with Crippen molar-refractivity contribution in [2.75, 3.05) is 0 Å². The van der Waals surface area contributed by atoms with Gasteiger partial charge in [-0.2, -0.15) is 0 Å². The molecule has 0 N–H and O–H groups in total. The van der Waals surface area contributed by atoms with Crippen molar-refractivity contribution >= 4 is 18.2 Å². The Kier molecular flexibility index (Phi) is 8.41. The van der Waals surface area contributed by atoms with Crippen LogP contribution in [0.1, 0.15) is 34.6 Å². The number of hydrogen-bond acceptors (Lipinski definition) is 1. The third kappa shape index (κ3) is 8.99. The number of hydrogen-bond donors (Lipinski definition) is 0. The van der Waals surface area contributed by atoms with E-state index < -0.39 is 0 Å². The summed E-state index contributed by atoms with van der Waals surface area (Å²) < 4.78 is 0.398. The zero-order valence-corrected chi connectivity index (χ0v) is 15.4. The van der Waals surface area contributed by atoms with Crippen molar-refractivity contribution in [3.05, 3.63) is 60.7 Å². The maximum atomic E-state index is 2.32. The SMILES string of the molecule is CC(C)C[B]SC(C)(C)C.c1ccc(-c2ccccc2)cc1. The predicted octanol–water partition coefficient (Wildman–Crippen LogP) is 6.57. The Morgan fingerprint density at radius 1 is 0.818 bits per heavy atom. The van der Waals surface area contributed by atoms with E-state index >= 15 is 0 Å². The number of benzene rings is 2. The van der Waals surface area contributed by atoms with E-state index in [4.69, 9.17) is 0 Å². The van der Waals surface area contributed by atoms with Gasteiger partial charge < -0.3 is 0 Å². The van der Waals surface area contributed by atoms with Crippen LogP contribution in [0.4, 0.5) is 0 Å². The molecular weight excluding hydrogens is 283 g/mol. The molecule has 2 heteroatoms. The van der Waals surface area contributed by atoms with Gasteiger partial charge in [0.2, 0.25) is 0 Å². The highest BCUT2D eigenvalue weighted by atomic mass is 32.2. The van der Waals surface area contributed by atoms with E-state index in [1.165, 1.54) is 17.4 Å². The molecule has 0 aliphatic heterocycles. The molecule has 0 atom stereocenters. The predicted molar refractivity (Wildman–Crippen MR) is 105 cm³/mol. The van der Waals surface area contributed by atoms with Crippen molar-refractivity contribution in [3.8, 4) is 11.1 Å². The van der Waals surface area contributed by atoms with Gasteiger partial charge in [0, 0.05) is 0 Å². The van der Waals surface area contributed by atoms with Gasteiger partial charge in [0.25, 0.3) is 0 Å². The van der Waals surface area contributed by atoms with Gasteiger partial charge in [0.05, 0.1) is 0 Å². The van der Waals surface area contributed by atoms with Crippen LogP contribution in [-0.2, 0) is 0 Å². The lowest BCUT2D eigenvalue weighted by molar-refractivity contribution is 0.733. The maximum absolute atomic E-state index is 2.32. The molecule has 0 saturated carbocycles. The summed E-state index contributed by atoms with van der Waals surface area (Å²) in [5.74, 6) is 0.801. The Balaban J connectivity index is 0.000000225. The third-order valence-corrected chi connectivity index (χ3v) is 3.95. The summed E-state index contributed by atoms with van der Waals surface area (Å²) in [5, 5.41) is 0. The van der Waals surface area contributed by atoms with Crippen LogP contribution in [-0.4, -0.2) is 11.3 Å².